The van der Waals surface area contributed by atoms with Crippen molar-refractivity contribution in [1.29, 1.82) is 0 Å². The van der Waals surface area contributed by atoms with Gasteiger partial charge in [-0.3, -0.25) is 0 Å². The van der Waals surface area contributed by atoms with Gasteiger partial charge >= 0.3 is 0 Å². The van der Waals surface area contributed by atoms with Crippen LogP contribution in [0.3, 0.4) is 0 Å². The van der Waals surface area contributed by atoms with Crippen LogP contribution in [0.4, 0.5) is 10.1 Å². The van der Waals surface area contributed by atoms with Gasteiger partial charge in [0.1, 0.15) is 5.82 Å². The maximum atomic E-state index is 13.4. The van der Waals surface area contributed by atoms with Crippen LogP contribution in [-0.4, -0.2) is 0 Å². The number of nitrogens with one attached hydrogen (secondary N) is 1. The van der Waals surface area contributed by atoms with Crippen LogP contribution in [0.25, 0.3) is 0 Å². The van der Waals surface area contributed by atoms with Crippen molar-refractivity contribution in [3.05, 3.63) is 64.4 Å². The van der Waals surface area contributed by atoms with Crippen LogP contribution in [0.5, 0.6) is 0 Å². The Kier molecular flexibility index (Phi) is 3.66. The molecule has 0 spiro atoms. The van der Waals surface area contributed by atoms with Gasteiger partial charge in [-0.2, -0.15) is 0 Å². The molecule has 0 saturated carbocycles. The minimum Gasteiger partial charge on any atom is -0.377 e. The van der Waals surface area contributed by atoms with Gasteiger partial charge in [0.15, 0.2) is 0 Å². The van der Waals surface area contributed by atoms with Crippen LogP contribution in [0.1, 0.15) is 42.9 Å². The van der Waals surface area contributed by atoms with Crippen LogP contribution >= 0.6 is 11.6 Å². The van der Waals surface area contributed by atoms with E-state index in [4.69, 9.17) is 11.6 Å². The molecular weight excluding hydrogens is 273 g/mol. The first-order chi connectivity index (χ1) is 9.65. The third kappa shape index (κ3) is 2.53. The van der Waals surface area contributed by atoms with Crippen molar-refractivity contribution >= 4 is 17.3 Å². The monoisotopic (exact) mass is 289 g/mol. The lowest BCUT2D eigenvalue weighted by molar-refractivity contribution is 0.534. The van der Waals surface area contributed by atoms with Crippen molar-refractivity contribution in [3.8, 4) is 0 Å². The van der Waals surface area contributed by atoms with E-state index in [1.165, 1.54) is 23.3 Å². The molecule has 1 aliphatic carbocycles. The molecule has 3 heteroatoms. The second-order valence-corrected chi connectivity index (χ2v) is 5.84. The lowest BCUT2D eigenvalue weighted by Crippen LogP contribution is -2.19. The van der Waals surface area contributed by atoms with Gasteiger partial charge in [0.2, 0.25) is 0 Å². The van der Waals surface area contributed by atoms with Gasteiger partial charge in [-0.15, -0.1) is 0 Å². The maximum absolute atomic E-state index is 13.4. The second kappa shape index (κ2) is 5.45. The second-order valence-electron chi connectivity index (χ2n) is 5.43. The highest BCUT2D eigenvalue weighted by Gasteiger charge is 2.24. The van der Waals surface area contributed by atoms with E-state index < -0.39 is 0 Å². The number of anilines is 1. The van der Waals surface area contributed by atoms with E-state index in [0.717, 1.165) is 12.8 Å². The quantitative estimate of drug-likeness (QED) is 0.766. The van der Waals surface area contributed by atoms with Crippen molar-refractivity contribution in [2.24, 2.45) is 0 Å². The molecule has 2 atom stereocenters. The van der Waals surface area contributed by atoms with E-state index in [9.17, 15) is 4.39 Å². The van der Waals surface area contributed by atoms with Gasteiger partial charge in [0.05, 0.1) is 16.8 Å². The van der Waals surface area contributed by atoms with Crippen molar-refractivity contribution in [2.75, 3.05) is 5.32 Å². The van der Waals surface area contributed by atoms with E-state index in [-0.39, 0.29) is 11.9 Å². The number of hydrogen-bond acceptors (Lipinski definition) is 1. The third-order valence-electron chi connectivity index (χ3n) is 4.05. The molecule has 0 amide bonds. The Morgan fingerprint density at radius 2 is 1.85 bits per heavy atom. The molecule has 0 bridgehead atoms. The SMILES string of the molecule is CC1CCC(Nc2cc(F)ccc2Cl)c2ccccc21. The zero-order valence-corrected chi connectivity index (χ0v) is 12.1. The van der Waals surface area contributed by atoms with Gasteiger partial charge in [-0.1, -0.05) is 42.8 Å². The molecule has 0 heterocycles. The van der Waals surface area contributed by atoms with Crippen LogP contribution in [-0.2, 0) is 0 Å². The smallest absolute Gasteiger partial charge is 0.125 e. The van der Waals surface area contributed by atoms with Gasteiger partial charge in [0.25, 0.3) is 0 Å². The summed E-state index contributed by atoms with van der Waals surface area (Å²) in [4.78, 5) is 0. The lowest BCUT2D eigenvalue weighted by Gasteiger charge is -2.31. The molecule has 0 saturated heterocycles. The molecule has 2 aromatic carbocycles. The Morgan fingerprint density at radius 1 is 1.10 bits per heavy atom. The molecule has 0 fully saturated rings. The number of hydrogen-bond donors (Lipinski definition) is 1. The van der Waals surface area contributed by atoms with E-state index in [1.54, 1.807) is 6.07 Å². The normalized spacial score (nSPS) is 21.4. The fraction of sp³-hybridized carbons (Fsp3) is 0.294. The fourth-order valence-corrected chi connectivity index (χ4v) is 3.12. The summed E-state index contributed by atoms with van der Waals surface area (Å²) < 4.78 is 13.4. The van der Waals surface area contributed by atoms with Gasteiger partial charge in [-0.05, 0) is 48.1 Å². The highest BCUT2D eigenvalue weighted by atomic mass is 35.5. The lowest BCUT2D eigenvalue weighted by atomic mass is 9.81. The molecule has 20 heavy (non-hydrogen) atoms. The molecule has 0 radical (unpaired) electrons. The van der Waals surface area contributed by atoms with E-state index in [0.29, 0.717) is 16.6 Å². The number of fused-ring (bicyclic) bond motifs is 1. The zero-order chi connectivity index (χ0) is 14.1. The number of halogens is 2. The predicted octanol–water partition coefficient (Wildman–Crippen LogP) is 5.53. The predicted molar refractivity (Wildman–Crippen MR) is 81.9 cm³/mol. The molecule has 1 aliphatic rings. The molecule has 3 rings (SSSR count). The van der Waals surface area contributed by atoms with Crippen LogP contribution < -0.4 is 5.32 Å². The average molecular weight is 290 g/mol. The van der Waals surface area contributed by atoms with Crippen LogP contribution in [0.15, 0.2) is 42.5 Å². The summed E-state index contributed by atoms with van der Waals surface area (Å²) in [5.74, 6) is 0.307. The van der Waals surface area contributed by atoms with Crippen molar-refractivity contribution in [1.82, 2.24) is 0 Å². The molecule has 1 N–H and O–H groups in total. The first kappa shape index (κ1) is 13.4. The zero-order valence-electron chi connectivity index (χ0n) is 11.4. The fourth-order valence-electron chi connectivity index (χ4n) is 2.95. The molecule has 0 aliphatic heterocycles. The molecule has 2 aromatic rings. The van der Waals surface area contributed by atoms with E-state index in [1.807, 2.05) is 0 Å². The van der Waals surface area contributed by atoms with Gasteiger partial charge < -0.3 is 5.32 Å². The highest BCUT2D eigenvalue weighted by Crippen LogP contribution is 2.39. The summed E-state index contributed by atoms with van der Waals surface area (Å²) in [6.07, 6.45) is 2.16. The standard InChI is InChI=1S/C17H17ClFN/c1-11-6-9-16(14-5-3-2-4-13(11)14)20-17-10-12(19)7-8-15(17)18/h2-5,7-8,10-11,16,20H,6,9H2,1H3. The van der Waals surface area contributed by atoms with Crippen LogP contribution in [0, 0.1) is 5.82 Å². The molecule has 2 unspecified atom stereocenters. The van der Waals surface area contributed by atoms with Crippen molar-refractivity contribution in [3.63, 3.8) is 0 Å². The number of benzene rings is 2. The van der Waals surface area contributed by atoms with Crippen molar-refractivity contribution < 1.29 is 4.39 Å². The average Bonchev–Trinajstić information content (AvgIpc) is 2.46. The summed E-state index contributed by atoms with van der Waals surface area (Å²) in [5.41, 5.74) is 3.34. The Bertz CT molecular complexity index is 626. The summed E-state index contributed by atoms with van der Waals surface area (Å²) in [7, 11) is 0. The van der Waals surface area contributed by atoms with Gasteiger partial charge in [0, 0.05) is 0 Å². The Labute approximate surface area is 123 Å². The molecular formula is C17H17ClFN. The van der Waals surface area contributed by atoms with Crippen LogP contribution in [0.2, 0.25) is 5.02 Å². The third-order valence-corrected chi connectivity index (χ3v) is 4.38. The summed E-state index contributed by atoms with van der Waals surface area (Å²) in [6, 6.07) is 13.1. The molecule has 1 nitrogen and oxygen atoms in total. The Balaban J connectivity index is 1.92. The maximum Gasteiger partial charge on any atom is 0.125 e. The topological polar surface area (TPSA) is 12.0 Å². The molecule has 104 valence electrons. The summed E-state index contributed by atoms with van der Waals surface area (Å²) >= 11 is 6.14. The minimum atomic E-state index is -0.269. The van der Waals surface area contributed by atoms with E-state index >= 15 is 0 Å². The highest BCUT2D eigenvalue weighted by molar-refractivity contribution is 6.33. The first-order valence-corrected chi connectivity index (χ1v) is 7.33. The summed E-state index contributed by atoms with van der Waals surface area (Å²) in [6.45, 7) is 2.25. The first-order valence-electron chi connectivity index (χ1n) is 6.95. The summed E-state index contributed by atoms with van der Waals surface area (Å²) in [5, 5.41) is 3.95. The Hall–Kier alpha value is -1.54. The minimum absolute atomic E-state index is 0.196. The van der Waals surface area contributed by atoms with E-state index in [2.05, 4.69) is 36.5 Å². The Morgan fingerprint density at radius 3 is 2.65 bits per heavy atom. The van der Waals surface area contributed by atoms with Crippen molar-refractivity contribution in [2.45, 2.75) is 31.7 Å². The van der Waals surface area contributed by atoms with Gasteiger partial charge in [-0.25, -0.2) is 4.39 Å². The largest absolute Gasteiger partial charge is 0.377 e. The molecule has 0 aromatic heterocycles. The number of rotatable bonds is 2.